The van der Waals surface area contributed by atoms with Crippen molar-refractivity contribution in [2.75, 3.05) is 18.0 Å². The molecule has 1 aromatic carbocycles. The van der Waals surface area contributed by atoms with Gasteiger partial charge in [0.2, 0.25) is 5.78 Å². The molecule has 3 heterocycles. The molecule has 0 N–H and O–H groups in total. The summed E-state index contributed by atoms with van der Waals surface area (Å²) in [6.45, 7) is 3.55. The highest BCUT2D eigenvalue weighted by atomic mass is 16.1. The number of hydrogen-bond acceptors (Lipinski definition) is 5. The fourth-order valence-corrected chi connectivity index (χ4v) is 3.62. The van der Waals surface area contributed by atoms with E-state index >= 15 is 0 Å². The molecule has 1 aliphatic rings. The van der Waals surface area contributed by atoms with Gasteiger partial charge in [0.1, 0.15) is 5.82 Å². The average Bonchev–Trinajstić information content (AvgIpc) is 3.13. The predicted octanol–water partition coefficient (Wildman–Crippen LogP) is 3.28. The van der Waals surface area contributed by atoms with Crippen LogP contribution in [0.1, 0.15) is 29.2 Å². The number of imidazole rings is 1. The van der Waals surface area contributed by atoms with E-state index in [1.807, 2.05) is 56.6 Å². The summed E-state index contributed by atoms with van der Waals surface area (Å²) >= 11 is 0. The van der Waals surface area contributed by atoms with Gasteiger partial charge >= 0.3 is 0 Å². The van der Waals surface area contributed by atoms with Crippen LogP contribution in [0.2, 0.25) is 0 Å². The zero-order valence-electron chi connectivity index (χ0n) is 15.7. The summed E-state index contributed by atoms with van der Waals surface area (Å²) < 4.78 is 1.80. The number of aromatic nitrogens is 4. The maximum absolute atomic E-state index is 12.9. The van der Waals surface area contributed by atoms with Gasteiger partial charge < -0.3 is 9.47 Å². The largest absolute Gasteiger partial charge is 0.356 e. The molecule has 1 fully saturated rings. The van der Waals surface area contributed by atoms with E-state index in [2.05, 4.69) is 14.9 Å². The first-order valence-corrected chi connectivity index (χ1v) is 9.29. The number of piperidine rings is 1. The number of anilines is 1. The van der Waals surface area contributed by atoms with Crippen LogP contribution in [0.3, 0.4) is 0 Å². The second-order valence-electron chi connectivity index (χ2n) is 7.07. The molecule has 138 valence electrons. The molecule has 0 radical (unpaired) electrons. The van der Waals surface area contributed by atoms with Crippen LogP contribution in [0.4, 0.5) is 5.82 Å². The number of carbonyl (C=O) groups excluding carboxylic acids is 1. The van der Waals surface area contributed by atoms with Crippen LogP contribution in [-0.2, 0) is 7.05 Å². The van der Waals surface area contributed by atoms with Gasteiger partial charge in [0, 0.05) is 55.8 Å². The van der Waals surface area contributed by atoms with Crippen LogP contribution in [0.15, 0.2) is 48.8 Å². The van der Waals surface area contributed by atoms with Crippen LogP contribution in [0, 0.1) is 12.8 Å². The van der Waals surface area contributed by atoms with E-state index in [0.717, 1.165) is 42.3 Å². The second kappa shape index (κ2) is 7.31. The van der Waals surface area contributed by atoms with Crippen molar-refractivity contribution < 1.29 is 4.79 Å². The number of hydrogen-bond donors (Lipinski definition) is 0. The topological polar surface area (TPSA) is 63.9 Å². The van der Waals surface area contributed by atoms with E-state index in [0.29, 0.717) is 12.4 Å². The second-order valence-corrected chi connectivity index (χ2v) is 7.07. The Hall–Kier alpha value is -3.02. The smallest absolute Gasteiger partial charge is 0.203 e. The Bertz CT molecular complexity index is 950. The highest BCUT2D eigenvalue weighted by molar-refractivity contribution is 5.95. The van der Waals surface area contributed by atoms with E-state index in [1.54, 1.807) is 10.8 Å². The van der Waals surface area contributed by atoms with Gasteiger partial charge in [0.05, 0.1) is 0 Å². The van der Waals surface area contributed by atoms with Crippen molar-refractivity contribution in [2.45, 2.75) is 19.8 Å². The van der Waals surface area contributed by atoms with Gasteiger partial charge in [-0.2, -0.15) is 0 Å². The van der Waals surface area contributed by atoms with E-state index in [1.165, 1.54) is 0 Å². The van der Waals surface area contributed by atoms with E-state index in [9.17, 15) is 4.79 Å². The van der Waals surface area contributed by atoms with Gasteiger partial charge in [-0.3, -0.25) is 4.79 Å². The van der Waals surface area contributed by atoms with Gasteiger partial charge in [-0.15, -0.1) is 0 Å². The number of benzene rings is 1. The van der Waals surface area contributed by atoms with Gasteiger partial charge in [0.15, 0.2) is 11.6 Å². The third-order valence-electron chi connectivity index (χ3n) is 5.03. The minimum atomic E-state index is -0.0599. The van der Waals surface area contributed by atoms with Gasteiger partial charge in [-0.25, -0.2) is 15.0 Å². The van der Waals surface area contributed by atoms with Crippen molar-refractivity contribution >= 4 is 11.6 Å². The fraction of sp³-hybridized carbons (Fsp3) is 0.333. The minimum Gasteiger partial charge on any atom is -0.356 e. The summed E-state index contributed by atoms with van der Waals surface area (Å²) in [5.41, 5.74) is 1.93. The number of aryl methyl sites for hydroxylation is 2. The molecule has 27 heavy (non-hydrogen) atoms. The monoisotopic (exact) mass is 361 g/mol. The first-order chi connectivity index (χ1) is 13.1. The molecule has 0 spiro atoms. The highest BCUT2D eigenvalue weighted by Gasteiger charge is 2.29. The maximum atomic E-state index is 12.9. The van der Waals surface area contributed by atoms with Crippen molar-refractivity contribution in [2.24, 2.45) is 13.0 Å². The lowest BCUT2D eigenvalue weighted by molar-refractivity contribution is 0.0893. The first kappa shape index (κ1) is 17.4. The Morgan fingerprint density at radius 1 is 1.19 bits per heavy atom. The Balaban J connectivity index is 1.59. The van der Waals surface area contributed by atoms with Crippen LogP contribution in [0.25, 0.3) is 11.4 Å². The first-order valence-electron chi connectivity index (χ1n) is 9.29. The van der Waals surface area contributed by atoms with Crippen molar-refractivity contribution in [1.29, 1.82) is 0 Å². The lowest BCUT2D eigenvalue weighted by Gasteiger charge is -2.33. The molecule has 2 aromatic heterocycles. The quantitative estimate of drug-likeness (QED) is 0.667. The summed E-state index contributed by atoms with van der Waals surface area (Å²) in [5, 5.41) is 0. The Morgan fingerprint density at radius 3 is 2.74 bits per heavy atom. The predicted molar refractivity (Wildman–Crippen MR) is 105 cm³/mol. The molecule has 1 unspecified atom stereocenters. The molecular weight excluding hydrogens is 338 g/mol. The summed E-state index contributed by atoms with van der Waals surface area (Å²) in [6, 6.07) is 12.0. The lowest BCUT2D eigenvalue weighted by atomic mass is 9.93. The van der Waals surface area contributed by atoms with Crippen LogP contribution < -0.4 is 4.90 Å². The molecule has 0 aliphatic carbocycles. The Morgan fingerprint density at radius 2 is 2.00 bits per heavy atom. The van der Waals surface area contributed by atoms with Gasteiger partial charge in [0.25, 0.3) is 0 Å². The lowest BCUT2D eigenvalue weighted by Crippen LogP contribution is -2.40. The summed E-state index contributed by atoms with van der Waals surface area (Å²) in [4.78, 5) is 28.7. The van der Waals surface area contributed by atoms with Gasteiger partial charge in [-0.1, -0.05) is 30.3 Å². The van der Waals surface area contributed by atoms with Crippen molar-refractivity contribution in [1.82, 2.24) is 19.5 Å². The summed E-state index contributed by atoms with van der Waals surface area (Å²) in [5.74, 6) is 2.20. The van der Waals surface area contributed by atoms with Crippen molar-refractivity contribution in [3.8, 4) is 11.4 Å². The zero-order valence-corrected chi connectivity index (χ0v) is 15.7. The average molecular weight is 361 g/mol. The maximum Gasteiger partial charge on any atom is 0.203 e. The third-order valence-corrected chi connectivity index (χ3v) is 5.03. The standard InChI is InChI=1S/C21H23N5O/c1-15-13-18(24-20(23-15)16-7-4-3-5-8-16)26-11-6-9-17(14-26)19(27)21-22-10-12-25(21)2/h3-5,7-8,10,12-13,17H,6,9,11,14H2,1-2H3. The van der Waals surface area contributed by atoms with Crippen LogP contribution >= 0.6 is 0 Å². The van der Waals surface area contributed by atoms with E-state index in [4.69, 9.17) is 4.98 Å². The molecule has 1 aliphatic heterocycles. The van der Waals surface area contributed by atoms with Gasteiger partial charge in [-0.05, 0) is 19.8 Å². The molecule has 6 heteroatoms. The van der Waals surface area contributed by atoms with Crippen LogP contribution in [-0.4, -0.2) is 38.4 Å². The zero-order chi connectivity index (χ0) is 18.8. The molecule has 6 nitrogen and oxygen atoms in total. The molecule has 0 bridgehead atoms. The van der Waals surface area contributed by atoms with E-state index in [-0.39, 0.29) is 11.7 Å². The number of Topliss-reactive ketones (excluding diaryl/α,β-unsaturated/α-hetero) is 1. The molecule has 3 aromatic rings. The third kappa shape index (κ3) is 3.60. The number of carbonyl (C=O) groups is 1. The summed E-state index contributed by atoms with van der Waals surface area (Å²) in [7, 11) is 1.86. The number of nitrogens with zero attached hydrogens (tertiary/aromatic N) is 5. The Kier molecular flexibility index (Phi) is 4.71. The molecule has 0 saturated carbocycles. The van der Waals surface area contributed by atoms with Crippen molar-refractivity contribution in [3.05, 3.63) is 60.3 Å². The molecular formula is C21H23N5O. The molecule has 1 atom stereocenters. The highest BCUT2D eigenvalue weighted by Crippen LogP contribution is 2.26. The molecule has 0 amide bonds. The normalized spacial score (nSPS) is 17.1. The summed E-state index contributed by atoms with van der Waals surface area (Å²) in [6.07, 6.45) is 5.34. The molecule has 1 saturated heterocycles. The SMILES string of the molecule is Cc1cc(N2CCCC(C(=O)c3nccn3C)C2)nc(-c2ccccc2)n1. The van der Waals surface area contributed by atoms with Crippen molar-refractivity contribution in [3.63, 3.8) is 0 Å². The fourth-order valence-electron chi connectivity index (χ4n) is 3.62. The molecule has 4 rings (SSSR count). The van der Waals surface area contributed by atoms with Crippen LogP contribution in [0.5, 0.6) is 0 Å². The number of rotatable bonds is 4. The minimum absolute atomic E-state index is 0.0599. The Labute approximate surface area is 158 Å². The number of ketones is 1. The van der Waals surface area contributed by atoms with E-state index < -0.39 is 0 Å².